The minimum atomic E-state index is -1.05. The Labute approximate surface area is 132 Å². The highest BCUT2D eigenvalue weighted by molar-refractivity contribution is 6.00. The minimum absolute atomic E-state index is 0.148. The van der Waals surface area contributed by atoms with Gasteiger partial charge in [-0.3, -0.25) is 4.79 Å². The number of carboxylic acids is 1. The molecule has 23 heavy (non-hydrogen) atoms. The van der Waals surface area contributed by atoms with Crippen LogP contribution in [0, 0.1) is 0 Å². The molecule has 0 aliphatic heterocycles. The van der Waals surface area contributed by atoms with E-state index in [1.165, 1.54) is 10.6 Å². The van der Waals surface area contributed by atoms with Gasteiger partial charge in [-0.1, -0.05) is 48.5 Å². The first-order valence-corrected chi connectivity index (χ1v) is 7.17. The van der Waals surface area contributed by atoms with Gasteiger partial charge < -0.3 is 9.67 Å². The zero-order valence-electron chi connectivity index (χ0n) is 12.6. The molecule has 114 valence electrons. The molecule has 0 spiro atoms. The van der Waals surface area contributed by atoms with E-state index in [1.807, 2.05) is 48.5 Å². The van der Waals surface area contributed by atoms with Gasteiger partial charge in [0.25, 0.3) is 5.56 Å². The number of hydrogen-bond donors (Lipinski definition) is 1. The molecule has 0 saturated carbocycles. The molecular weight excluding hydrogens is 290 g/mol. The van der Waals surface area contributed by atoms with Gasteiger partial charge in [-0.15, -0.1) is 0 Å². The fourth-order valence-electron chi connectivity index (χ4n) is 2.74. The number of hydrogen-bond acceptors (Lipinski definition) is 2. The first-order chi connectivity index (χ1) is 11.1. The van der Waals surface area contributed by atoms with Gasteiger partial charge in [0.05, 0.1) is 5.69 Å². The van der Waals surface area contributed by atoms with Gasteiger partial charge in [0.2, 0.25) is 0 Å². The van der Waals surface area contributed by atoms with E-state index in [2.05, 4.69) is 0 Å². The Balaban J connectivity index is 2.47. The van der Waals surface area contributed by atoms with E-state index in [0.717, 1.165) is 22.6 Å². The van der Waals surface area contributed by atoms with Gasteiger partial charge in [-0.25, -0.2) is 4.79 Å². The normalized spacial score (nSPS) is 11.2. The Morgan fingerprint density at radius 2 is 1.61 bits per heavy atom. The Morgan fingerprint density at radius 3 is 2.26 bits per heavy atom. The number of pyridine rings is 1. The van der Waals surface area contributed by atoms with Crippen molar-refractivity contribution in [2.24, 2.45) is 7.05 Å². The van der Waals surface area contributed by atoms with E-state index in [9.17, 15) is 9.59 Å². The predicted octanol–water partition coefficient (Wildman–Crippen LogP) is 3.30. The molecule has 4 heteroatoms. The third-order valence-electron chi connectivity index (χ3n) is 3.80. The number of carbonyl (C=O) groups is 1. The lowest BCUT2D eigenvalue weighted by atomic mass is 9.96. The van der Waals surface area contributed by atoms with Crippen molar-refractivity contribution in [1.82, 2.24) is 4.57 Å². The first kappa shape index (κ1) is 14.8. The van der Waals surface area contributed by atoms with E-state index in [1.54, 1.807) is 13.1 Å². The van der Waals surface area contributed by atoms with Crippen LogP contribution in [0.3, 0.4) is 0 Å². The summed E-state index contributed by atoms with van der Waals surface area (Å²) in [6.45, 7) is 0. The topological polar surface area (TPSA) is 59.3 Å². The minimum Gasteiger partial charge on any atom is -0.478 e. The number of rotatable bonds is 3. The maximum absolute atomic E-state index is 12.6. The Hall–Kier alpha value is -3.14. The largest absolute Gasteiger partial charge is 0.478 e. The van der Waals surface area contributed by atoms with Crippen molar-refractivity contribution in [3.05, 3.63) is 76.7 Å². The second-order valence-electron chi connectivity index (χ2n) is 5.21. The molecule has 0 amide bonds. The van der Waals surface area contributed by atoms with Crippen LogP contribution in [0.15, 0.2) is 65.5 Å². The molecule has 3 rings (SSSR count). The summed E-state index contributed by atoms with van der Waals surface area (Å²) in [5, 5.41) is 10.4. The highest BCUT2D eigenvalue weighted by atomic mass is 16.4. The smallest absolute Gasteiger partial charge is 0.328 e. The predicted molar refractivity (Wildman–Crippen MR) is 91.3 cm³/mol. The third kappa shape index (κ3) is 2.66. The molecular formula is C19H15NO3. The lowest BCUT2D eigenvalue weighted by molar-refractivity contribution is -0.131. The summed E-state index contributed by atoms with van der Waals surface area (Å²) >= 11 is 0. The molecule has 0 unspecified atom stereocenters. The zero-order valence-corrected chi connectivity index (χ0v) is 12.6. The summed E-state index contributed by atoms with van der Waals surface area (Å²) in [6, 6.07) is 17.0. The molecule has 0 fully saturated rings. The highest BCUT2D eigenvalue weighted by Crippen LogP contribution is 2.30. The van der Waals surface area contributed by atoms with Crippen LogP contribution in [0.25, 0.3) is 28.0 Å². The van der Waals surface area contributed by atoms with Crippen molar-refractivity contribution in [2.45, 2.75) is 0 Å². The molecule has 0 aliphatic carbocycles. The fourth-order valence-corrected chi connectivity index (χ4v) is 2.74. The summed E-state index contributed by atoms with van der Waals surface area (Å²) in [6.07, 6.45) is 2.52. The first-order valence-electron chi connectivity index (χ1n) is 7.17. The molecule has 0 radical (unpaired) electrons. The Morgan fingerprint density at radius 1 is 1.00 bits per heavy atom. The summed E-state index contributed by atoms with van der Waals surface area (Å²) in [4.78, 5) is 23.5. The SMILES string of the molecule is Cn1c(C=CC(=O)O)c(-c2ccccc2)c2ccccc2c1=O. The van der Waals surface area contributed by atoms with Crippen LogP contribution in [0.4, 0.5) is 0 Å². The average Bonchev–Trinajstić information content (AvgIpc) is 2.57. The van der Waals surface area contributed by atoms with Gasteiger partial charge >= 0.3 is 5.97 Å². The van der Waals surface area contributed by atoms with E-state index < -0.39 is 5.97 Å². The molecule has 4 nitrogen and oxygen atoms in total. The van der Waals surface area contributed by atoms with Crippen LogP contribution in [0.2, 0.25) is 0 Å². The van der Waals surface area contributed by atoms with Crippen LogP contribution in [-0.4, -0.2) is 15.6 Å². The lowest BCUT2D eigenvalue weighted by Crippen LogP contribution is -2.20. The summed E-state index contributed by atoms with van der Waals surface area (Å²) in [7, 11) is 1.66. The molecule has 0 saturated heterocycles. The molecule has 3 aromatic rings. The number of benzene rings is 2. The maximum atomic E-state index is 12.6. The van der Waals surface area contributed by atoms with Crippen LogP contribution < -0.4 is 5.56 Å². The van der Waals surface area contributed by atoms with E-state index in [0.29, 0.717) is 11.1 Å². The summed E-state index contributed by atoms with van der Waals surface area (Å²) in [5.41, 5.74) is 2.21. The van der Waals surface area contributed by atoms with Crippen LogP contribution in [-0.2, 0) is 11.8 Å². The van der Waals surface area contributed by atoms with Crippen LogP contribution in [0.1, 0.15) is 5.69 Å². The van der Waals surface area contributed by atoms with Crippen LogP contribution >= 0.6 is 0 Å². The van der Waals surface area contributed by atoms with Gasteiger partial charge in [-0.05, 0) is 23.1 Å². The van der Waals surface area contributed by atoms with E-state index in [-0.39, 0.29) is 5.56 Å². The number of nitrogens with zero attached hydrogens (tertiary/aromatic N) is 1. The van der Waals surface area contributed by atoms with Crippen LogP contribution in [0.5, 0.6) is 0 Å². The molecule has 0 atom stereocenters. The molecule has 1 heterocycles. The molecule has 1 N–H and O–H groups in total. The summed E-state index contributed by atoms with van der Waals surface area (Å²) < 4.78 is 1.49. The fraction of sp³-hybridized carbons (Fsp3) is 0.0526. The van der Waals surface area contributed by atoms with Crippen molar-refractivity contribution in [3.63, 3.8) is 0 Å². The lowest BCUT2D eigenvalue weighted by Gasteiger charge is -2.15. The number of aliphatic carboxylic acids is 1. The van der Waals surface area contributed by atoms with E-state index >= 15 is 0 Å². The Kier molecular flexibility index (Phi) is 3.81. The second kappa shape index (κ2) is 5.93. The molecule has 0 bridgehead atoms. The standard InChI is InChI=1S/C19H15NO3/c1-20-16(11-12-17(21)22)18(13-7-3-2-4-8-13)14-9-5-6-10-15(14)19(20)23/h2-12H,1H3,(H,21,22). The highest BCUT2D eigenvalue weighted by Gasteiger charge is 2.14. The number of aromatic nitrogens is 1. The second-order valence-corrected chi connectivity index (χ2v) is 5.21. The van der Waals surface area contributed by atoms with Crippen molar-refractivity contribution < 1.29 is 9.90 Å². The van der Waals surface area contributed by atoms with Crippen molar-refractivity contribution >= 4 is 22.8 Å². The molecule has 0 aliphatic rings. The van der Waals surface area contributed by atoms with Gasteiger partial charge in [0.15, 0.2) is 0 Å². The van der Waals surface area contributed by atoms with Crippen molar-refractivity contribution in [3.8, 4) is 11.1 Å². The monoisotopic (exact) mass is 305 g/mol. The molecule has 2 aromatic carbocycles. The van der Waals surface area contributed by atoms with Gasteiger partial charge in [0, 0.05) is 24.1 Å². The van der Waals surface area contributed by atoms with Crippen molar-refractivity contribution in [2.75, 3.05) is 0 Å². The quantitative estimate of drug-likeness (QED) is 0.755. The van der Waals surface area contributed by atoms with E-state index in [4.69, 9.17) is 5.11 Å². The molecule has 1 aromatic heterocycles. The Bertz CT molecular complexity index is 969. The third-order valence-corrected chi connectivity index (χ3v) is 3.80. The average molecular weight is 305 g/mol. The number of fused-ring (bicyclic) bond motifs is 1. The van der Waals surface area contributed by atoms with Crippen molar-refractivity contribution in [1.29, 1.82) is 0 Å². The summed E-state index contributed by atoms with van der Waals surface area (Å²) in [5.74, 6) is -1.05. The maximum Gasteiger partial charge on any atom is 0.328 e. The zero-order chi connectivity index (χ0) is 16.4. The van der Waals surface area contributed by atoms with Gasteiger partial charge in [0.1, 0.15) is 0 Å². The number of carboxylic acid groups (broad SMARTS) is 1. The van der Waals surface area contributed by atoms with Gasteiger partial charge in [-0.2, -0.15) is 0 Å².